The van der Waals surface area contributed by atoms with Crippen LogP contribution in [0.25, 0.3) is 0 Å². The Kier molecular flexibility index (Phi) is 8.36. The fraction of sp³-hybridized carbons (Fsp3) is 0.370. The number of hydrogen-bond acceptors (Lipinski definition) is 5. The van der Waals surface area contributed by atoms with Gasteiger partial charge < -0.3 is 20.0 Å². The molecule has 1 unspecified atom stereocenters. The first-order chi connectivity index (χ1) is 17.0. The first-order valence-electron chi connectivity index (χ1n) is 12.0. The molecule has 0 bridgehead atoms. The van der Waals surface area contributed by atoms with Gasteiger partial charge in [-0.1, -0.05) is 55.2 Å². The summed E-state index contributed by atoms with van der Waals surface area (Å²) in [4.78, 5) is 42.1. The number of furan rings is 1. The molecule has 4 rings (SSSR count). The van der Waals surface area contributed by atoms with E-state index in [1.807, 2.05) is 48.7 Å². The van der Waals surface area contributed by atoms with E-state index in [2.05, 4.69) is 10.6 Å². The van der Waals surface area contributed by atoms with Crippen LogP contribution in [0.5, 0.6) is 0 Å². The van der Waals surface area contributed by atoms with Crippen molar-refractivity contribution in [2.24, 2.45) is 0 Å². The van der Waals surface area contributed by atoms with Crippen LogP contribution in [-0.4, -0.2) is 35.2 Å². The lowest BCUT2D eigenvalue weighted by atomic mass is 9.94. The van der Waals surface area contributed by atoms with Gasteiger partial charge in [0.2, 0.25) is 11.8 Å². The van der Waals surface area contributed by atoms with Gasteiger partial charge in [-0.05, 0) is 48.9 Å². The number of benzene rings is 1. The summed E-state index contributed by atoms with van der Waals surface area (Å²) in [5, 5.41) is 7.78. The monoisotopic (exact) mass is 493 g/mol. The quantitative estimate of drug-likeness (QED) is 0.456. The molecule has 7 nitrogen and oxygen atoms in total. The van der Waals surface area contributed by atoms with Gasteiger partial charge in [0.25, 0.3) is 5.91 Å². The second kappa shape index (κ2) is 11.8. The van der Waals surface area contributed by atoms with Crippen molar-refractivity contribution in [3.05, 3.63) is 81.9 Å². The molecule has 3 aromatic rings. The molecule has 3 amide bonds. The van der Waals surface area contributed by atoms with Gasteiger partial charge in [0, 0.05) is 10.9 Å². The van der Waals surface area contributed by atoms with E-state index in [9.17, 15) is 14.4 Å². The summed E-state index contributed by atoms with van der Waals surface area (Å²) in [6, 6.07) is 14.0. The minimum atomic E-state index is -0.812. The second-order valence-corrected chi connectivity index (χ2v) is 9.95. The van der Waals surface area contributed by atoms with Crippen LogP contribution in [0, 0.1) is 6.92 Å². The van der Waals surface area contributed by atoms with Crippen molar-refractivity contribution in [1.82, 2.24) is 15.5 Å². The molecule has 0 aliphatic heterocycles. The van der Waals surface area contributed by atoms with E-state index in [0.29, 0.717) is 0 Å². The molecule has 0 radical (unpaired) electrons. The van der Waals surface area contributed by atoms with E-state index < -0.39 is 11.9 Å². The number of rotatable bonds is 9. The summed E-state index contributed by atoms with van der Waals surface area (Å²) in [7, 11) is 0. The van der Waals surface area contributed by atoms with Crippen molar-refractivity contribution in [2.75, 3.05) is 6.54 Å². The number of amides is 3. The lowest BCUT2D eigenvalue weighted by molar-refractivity contribution is -0.141. The summed E-state index contributed by atoms with van der Waals surface area (Å²) in [6.45, 7) is 2.01. The third-order valence-corrected chi connectivity index (χ3v) is 7.14. The Morgan fingerprint density at radius 3 is 2.49 bits per heavy atom. The fourth-order valence-corrected chi connectivity index (χ4v) is 5.10. The number of carbonyl (C=O) groups is 3. The second-order valence-electron chi connectivity index (χ2n) is 8.92. The summed E-state index contributed by atoms with van der Waals surface area (Å²) < 4.78 is 5.12. The summed E-state index contributed by atoms with van der Waals surface area (Å²) in [5.74, 6) is -0.878. The maximum absolute atomic E-state index is 13.7. The van der Waals surface area contributed by atoms with E-state index in [0.717, 1.165) is 41.7 Å². The number of aryl methyl sites for hydroxylation is 1. The highest BCUT2D eigenvalue weighted by Crippen LogP contribution is 2.27. The highest BCUT2D eigenvalue weighted by Gasteiger charge is 2.33. The molecule has 1 fully saturated rings. The van der Waals surface area contributed by atoms with Crippen molar-refractivity contribution >= 4 is 29.1 Å². The van der Waals surface area contributed by atoms with E-state index in [1.165, 1.54) is 30.1 Å². The Morgan fingerprint density at radius 1 is 1.06 bits per heavy atom. The van der Waals surface area contributed by atoms with Crippen molar-refractivity contribution in [1.29, 1.82) is 0 Å². The molecule has 8 heteroatoms. The standard InChI is InChI=1S/C27H31N3O4S/c1-19-11-13-20(14-12-19)25(27(33)29-21-7-3-2-4-8-21)30(18-22-9-6-16-35-22)24(31)17-28-26(32)23-10-5-15-34-23/h5-6,9-16,21,25H,2-4,7-8,17-18H2,1H3,(H,28,32)(H,29,33). The number of thiophene rings is 1. The van der Waals surface area contributed by atoms with Gasteiger partial charge in [-0.25, -0.2) is 0 Å². The lowest BCUT2D eigenvalue weighted by Gasteiger charge is -2.33. The van der Waals surface area contributed by atoms with Gasteiger partial charge in [0.15, 0.2) is 5.76 Å². The third kappa shape index (κ3) is 6.60. The molecule has 1 aliphatic rings. The fourth-order valence-electron chi connectivity index (χ4n) is 4.39. The largest absolute Gasteiger partial charge is 0.459 e. The van der Waals surface area contributed by atoms with Crippen molar-refractivity contribution < 1.29 is 18.8 Å². The Bertz CT molecular complexity index is 1100. The number of nitrogens with one attached hydrogen (secondary N) is 2. The Hall–Kier alpha value is -3.39. The van der Waals surface area contributed by atoms with Crippen LogP contribution >= 0.6 is 11.3 Å². The average Bonchev–Trinajstić information content (AvgIpc) is 3.58. The van der Waals surface area contributed by atoms with E-state index in [-0.39, 0.29) is 36.7 Å². The summed E-state index contributed by atoms with van der Waals surface area (Å²) in [5.41, 5.74) is 1.81. The predicted octanol–water partition coefficient (Wildman–Crippen LogP) is 4.60. The SMILES string of the molecule is Cc1ccc(C(C(=O)NC2CCCCC2)N(Cc2cccs2)C(=O)CNC(=O)c2ccco2)cc1. The minimum absolute atomic E-state index is 0.113. The molecule has 184 valence electrons. The molecule has 2 aromatic heterocycles. The summed E-state index contributed by atoms with van der Waals surface area (Å²) in [6.07, 6.45) is 6.68. The molecule has 1 aliphatic carbocycles. The van der Waals surface area contributed by atoms with Gasteiger partial charge in [-0.3, -0.25) is 14.4 Å². The molecule has 1 aromatic carbocycles. The molecule has 2 N–H and O–H groups in total. The number of nitrogens with zero attached hydrogens (tertiary/aromatic N) is 1. The molecular weight excluding hydrogens is 462 g/mol. The van der Waals surface area contributed by atoms with E-state index in [4.69, 9.17) is 4.42 Å². The Balaban J connectivity index is 1.60. The number of hydrogen-bond donors (Lipinski definition) is 2. The van der Waals surface area contributed by atoms with Crippen LogP contribution in [0.2, 0.25) is 0 Å². The van der Waals surface area contributed by atoms with Crippen LogP contribution in [0.1, 0.15) is 64.7 Å². The minimum Gasteiger partial charge on any atom is -0.459 e. The first kappa shape index (κ1) is 24.7. The Morgan fingerprint density at radius 2 is 1.83 bits per heavy atom. The van der Waals surface area contributed by atoms with E-state index in [1.54, 1.807) is 11.0 Å². The topological polar surface area (TPSA) is 91.7 Å². The highest BCUT2D eigenvalue weighted by atomic mass is 32.1. The molecular formula is C27H31N3O4S. The van der Waals surface area contributed by atoms with Gasteiger partial charge in [-0.15, -0.1) is 11.3 Å². The van der Waals surface area contributed by atoms with Crippen molar-refractivity contribution in [3.8, 4) is 0 Å². The van der Waals surface area contributed by atoms with Crippen LogP contribution in [0.4, 0.5) is 0 Å². The molecule has 2 heterocycles. The van der Waals surface area contributed by atoms with Crippen LogP contribution < -0.4 is 10.6 Å². The van der Waals surface area contributed by atoms with Gasteiger partial charge in [0.1, 0.15) is 6.04 Å². The maximum Gasteiger partial charge on any atom is 0.287 e. The van der Waals surface area contributed by atoms with E-state index >= 15 is 0 Å². The highest BCUT2D eigenvalue weighted by molar-refractivity contribution is 7.09. The number of carbonyl (C=O) groups excluding carboxylic acids is 3. The van der Waals surface area contributed by atoms with Crippen molar-refractivity contribution in [2.45, 2.75) is 57.7 Å². The van der Waals surface area contributed by atoms with Gasteiger partial charge >= 0.3 is 0 Å². The van der Waals surface area contributed by atoms with Crippen LogP contribution in [0.15, 0.2) is 64.6 Å². The lowest BCUT2D eigenvalue weighted by Crippen LogP contribution is -2.49. The molecule has 35 heavy (non-hydrogen) atoms. The molecule has 0 spiro atoms. The molecule has 0 saturated heterocycles. The van der Waals surface area contributed by atoms with Crippen molar-refractivity contribution in [3.63, 3.8) is 0 Å². The first-order valence-corrected chi connectivity index (χ1v) is 12.9. The van der Waals surface area contributed by atoms with Crippen LogP contribution in [0.3, 0.4) is 0 Å². The average molecular weight is 494 g/mol. The van der Waals surface area contributed by atoms with Gasteiger partial charge in [0.05, 0.1) is 19.4 Å². The normalized spacial score (nSPS) is 14.8. The third-order valence-electron chi connectivity index (χ3n) is 6.28. The predicted molar refractivity (Wildman–Crippen MR) is 135 cm³/mol. The molecule has 1 atom stereocenters. The van der Waals surface area contributed by atoms with Crippen LogP contribution in [-0.2, 0) is 16.1 Å². The maximum atomic E-state index is 13.7. The zero-order chi connectivity index (χ0) is 24.6. The molecule has 1 saturated carbocycles. The zero-order valence-corrected chi connectivity index (χ0v) is 20.7. The zero-order valence-electron chi connectivity index (χ0n) is 19.9. The van der Waals surface area contributed by atoms with Gasteiger partial charge in [-0.2, -0.15) is 0 Å². The summed E-state index contributed by atoms with van der Waals surface area (Å²) >= 11 is 1.53. The smallest absolute Gasteiger partial charge is 0.287 e. The Labute approximate surface area is 209 Å².